The van der Waals surface area contributed by atoms with Gasteiger partial charge in [-0.05, 0) is 43.2 Å². The van der Waals surface area contributed by atoms with Crippen LogP contribution in [0.1, 0.15) is 25.8 Å². The summed E-state index contributed by atoms with van der Waals surface area (Å²) in [5, 5.41) is 23.5. The van der Waals surface area contributed by atoms with Gasteiger partial charge in [0.2, 0.25) is 0 Å². The first-order chi connectivity index (χ1) is 11.4. The van der Waals surface area contributed by atoms with Crippen LogP contribution in [-0.2, 0) is 10.4 Å². The van der Waals surface area contributed by atoms with E-state index in [0.29, 0.717) is 28.6 Å². The molecule has 1 atom stereocenters. The molecule has 0 saturated carbocycles. The van der Waals surface area contributed by atoms with Crippen LogP contribution in [-0.4, -0.2) is 22.7 Å². The molecule has 128 valence electrons. The van der Waals surface area contributed by atoms with Gasteiger partial charge < -0.3 is 20.3 Å². The molecule has 0 aliphatic carbocycles. The Morgan fingerprint density at radius 3 is 2.62 bits per heavy atom. The zero-order chi connectivity index (χ0) is 17.7. The Balaban J connectivity index is 2.33. The number of rotatable bonds is 6. The fourth-order valence-corrected chi connectivity index (χ4v) is 2.55. The Morgan fingerprint density at radius 2 is 2.00 bits per heavy atom. The highest BCUT2D eigenvalue weighted by molar-refractivity contribution is 6.30. The largest absolute Gasteiger partial charge is 0.508 e. The number of hydrogen-bond donors (Lipinski definition) is 3. The van der Waals surface area contributed by atoms with Gasteiger partial charge in [-0.25, -0.2) is 0 Å². The molecule has 1 unspecified atom stereocenters. The third-order valence-electron chi connectivity index (χ3n) is 3.70. The molecule has 0 fully saturated rings. The number of ether oxygens (including phenoxy) is 1. The van der Waals surface area contributed by atoms with Crippen LogP contribution in [0.25, 0.3) is 0 Å². The highest BCUT2D eigenvalue weighted by atomic mass is 35.5. The molecule has 5 nitrogen and oxygen atoms in total. The maximum atomic E-state index is 12.7. The molecule has 0 heterocycles. The molecule has 2 aromatic rings. The molecular weight excluding hydrogens is 330 g/mol. The standard InChI is InChI=1S/C18H20ClNO4/c1-3-18(23,12-6-5-7-13(19)10-12)17(22)20-15-9-8-14(21)11-16(15)24-4-2/h5-11,21,23H,3-4H2,1-2H3,(H,20,22). The molecule has 24 heavy (non-hydrogen) atoms. The summed E-state index contributed by atoms with van der Waals surface area (Å²) in [6, 6.07) is 10.9. The van der Waals surface area contributed by atoms with Crippen molar-refractivity contribution in [3.63, 3.8) is 0 Å². The average molecular weight is 350 g/mol. The number of carbonyl (C=O) groups excluding carboxylic acids is 1. The minimum Gasteiger partial charge on any atom is -0.508 e. The van der Waals surface area contributed by atoms with Gasteiger partial charge in [0.15, 0.2) is 5.60 Å². The lowest BCUT2D eigenvalue weighted by molar-refractivity contribution is -0.135. The lowest BCUT2D eigenvalue weighted by Gasteiger charge is -2.26. The van der Waals surface area contributed by atoms with E-state index in [0.717, 1.165) is 0 Å². The van der Waals surface area contributed by atoms with E-state index in [2.05, 4.69) is 5.32 Å². The molecule has 0 radical (unpaired) electrons. The summed E-state index contributed by atoms with van der Waals surface area (Å²) < 4.78 is 5.41. The summed E-state index contributed by atoms with van der Waals surface area (Å²) in [4.78, 5) is 12.7. The van der Waals surface area contributed by atoms with E-state index < -0.39 is 11.5 Å². The molecular formula is C18H20ClNO4. The number of carbonyl (C=O) groups is 1. The van der Waals surface area contributed by atoms with Crippen molar-refractivity contribution in [2.75, 3.05) is 11.9 Å². The Labute approximate surface area is 145 Å². The normalized spacial score (nSPS) is 13.2. The first kappa shape index (κ1) is 18.1. The second kappa shape index (κ2) is 7.55. The number of benzene rings is 2. The number of aromatic hydroxyl groups is 1. The van der Waals surface area contributed by atoms with Gasteiger partial charge in [0, 0.05) is 11.1 Å². The van der Waals surface area contributed by atoms with Gasteiger partial charge in [-0.2, -0.15) is 0 Å². The fraction of sp³-hybridized carbons (Fsp3) is 0.278. The van der Waals surface area contributed by atoms with Crippen LogP contribution in [0.4, 0.5) is 5.69 Å². The topological polar surface area (TPSA) is 78.8 Å². The van der Waals surface area contributed by atoms with Crippen molar-refractivity contribution in [2.45, 2.75) is 25.9 Å². The van der Waals surface area contributed by atoms with E-state index in [1.807, 2.05) is 0 Å². The van der Waals surface area contributed by atoms with Gasteiger partial charge in [-0.3, -0.25) is 4.79 Å². The summed E-state index contributed by atoms with van der Waals surface area (Å²) in [5.74, 6) is -0.244. The second-order valence-electron chi connectivity index (χ2n) is 5.29. The molecule has 2 rings (SSSR count). The number of hydrogen-bond acceptors (Lipinski definition) is 4. The number of anilines is 1. The molecule has 0 aromatic heterocycles. The lowest BCUT2D eigenvalue weighted by atomic mass is 9.90. The number of halogens is 1. The lowest BCUT2D eigenvalue weighted by Crippen LogP contribution is -2.39. The average Bonchev–Trinajstić information content (AvgIpc) is 2.56. The minimum absolute atomic E-state index is 0.0250. The maximum Gasteiger partial charge on any atom is 0.261 e. The summed E-state index contributed by atoms with van der Waals surface area (Å²) >= 11 is 5.97. The third kappa shape index (κ3) is 3.80. The van der Waals surface area contributed by atoms with Gasteiger partial charge in [0.1, 0.15) is 11.5 Å². The molecule has 0 bridgehead atoms. The molecule has 0 aliphatic heterocycles. The number of amides is 1. The van der Waals surface area contributed by atoms with Crippen molar-refractivity contribution in [1.29, 1.82) is 0 Å². The van der Waals surface area contributed by atoms with Crippen LogP contribution in [0, 0.1) is 0 Å². The predicted molar refractivity (Wildman–Crippen MR) is 93.5 cm³/mol. The SMILES string of the molecule is CCOc1cc(O)ccc1NC(=O)C(O)(CC)c1cccc(Cl)c1. The van der Waals surface area contributed by atoms with E-state index in [1.165, 1.54) is 18.2 Å². The zero-order valence-corrected chi connectivity index (χ0v) is 14.3. The van der Waals surface area contributed by atoms with Crippen LogP contribution >= 0.6 is 11.6 Å². The number of aliphatic hydroxyl groups is 1. The Bertz CT molecular complexity index is 735. The van der Waals surface area contributed by atoms with E-state index in [4.69, 9.17) is 16.3 Å². The molecule has 1 amide bonds. The number of phenolic OH excluding ortho intramolecular Hbond substituents is 1. The molecule has 2 aromatic carbocycles. The minimum atomic E-state index is -1.73. The quantitative estimate of drug-likeness (QED) is 0.695. The molecule has 6 heteroatoms. The smallest absolute Gasteiger partial charge is 0.261 e. The highest BCUT2D eigenvalue weighted by Crippen LogP contribution is 2.33. The number of phenols is 1. The summed E-state index contributed by atoms with van der Waals surface area (Å²) in [6.07, 6.45) is 0.168. The van der Waals surface area contributed by atoms with Gasteiger partial charge in [-0.1, -0.05) is 30.7 Å². The molecule has 0 saturated heterocycles. The Morgan fingerprint density at radius 1 is 1.25 bits per heavy atom. The third-order valence-corrected chi connectivity index (χ3v) is 3.94. The Kier molecular flexibility index (Phi) is 5.70. The van der Waals surface area contributed by atoms with Crippen LogP contribution < -0.4 is 10.1 Å². The molecule has 0 aliphatic rings. The Hall–Kier alpha value is -2.24. The first-order valence-electron chi connectivity index (χ1n) is 7.66. The monoisotopic (exact) mass is 349 g/mol. The highest BCUT2D eigenvalue weighted by Gasteiger charge is 2.36. The van der Waals surface area contributed by atoms with E-state index >= 15 is 0 Å². The van der Waals surface area contributed by atoms with E-state index in [9.17, 15) is 15.0 Å². The van der Waals surface area contributed by atoms with E-state index in [-0.39, 0.29) is 12.2 Å². The van der Waals surface area contributed by atoms with Crippen LogP contribution in [0.5, 0.6) is 11.5 Å². The van der Waals surface area contributed by atoms with E-state index in [1.54, 1.807) is 38.1 Å². The van der Waals surface area contributed by atoms with Crippen molar-refractivity contribution in [3.05, 3.63) is 53.1 Å². The van der Waals surface area contributed by atoms with Gasteiger partial charge in [0.25, 0.3) is 5.91 Å². The molecule has 3 N–H and O–H groups in total. The first-order valence-corrected chi connectivity index (χ1v) is 8.04. The second-order valence-corrected chi connectivity index (χ2v) is 5.73. The summed E-state index contributed by atoms with van der Waals surface area (Å²) in [7, 11) is 0. The van der Waals surface area contributed by atoms with Crippen molar-refractivity contribution in [1.82, 2.24) is 0 Å². The fourth-order valence-electron chi connectivity index (χ4n) is 2.36. The van der Waals surface area contributed by atoms with Crippen LogP contribution in [0.15, 0.2) is 42.5 Å². The zero-order valence-electron chi connectivity index (χ0n) is 13.5. The van der Waals surface area contributed by atoms with Crippen molar-refractivity contribution < 1.29 is 19.7 Å². The van der Waals surface area contributed by atoms with Crippen molar-refractivity contribution >= 4 is 23.2 Å². The van der Waals surface area contributed by atoms with Gasteiger partial charge >= 0.3 is 0 Å². The van der Waals surface area contributed by atoms with Crippen molar-refractivity contribution in [3.8, 4) is 11.5 Å². The maximum absolute atomic E-state index is 12.7. The molecule has 0 spiro atoms. The van der Waals surface area contributed by atoms with Gasteiger partial charge in [-0.15, -0.1) is 0 Å². The van der Waals surface area contributed by atoms with Crippen LogP contribution in [0.2, 0.25) is 5.02 Å². The number of nitrogens with one attached hydrogen (secondary N) is 1. The summed E-state index contributed by atoms with van der Waals surface area (Å²) in [6.45, 7) is 3.88. The van der Waals surface area contributed by atoms with Crippen LogP contribution in [0.3, 0.4) is 0 Å². The summed E-state index contributed by atoms with van der Waals surface area (Å²) in [5.41, 5.74) is -0.952. The predicted octanol–water partition coefficient (Wildman–Crippen LogP) is 3.68. The van der Waals surface area contributed by atoms with Gasteiger partial charge in [0.05, 0.1) is 12.3 Å². The van der Waals surface area contributed by atoms with Crippen molar-refractivity contribution in [2.24, 2.45) is 0 Å².